The number of aromatic amines is 1. The number of hydrogen-bond donors (Lipinski definition) is 3. The Balaban J connectivity index is 2.37. The van der Waals surface area contributed by atoms with Gasteiger partial charge in [-0.2, -0.15) is 5.10 Å². The molecule has 0 aliphatic heterocycles. The fraction of sp³-hybridized carbons (Fsp3) is 0.308. The Hall–Kier alpha value is -2.57. The van der Waals surface area contributed by atoms with E-state index in [1.54, 1.807) is 26.8 Å². The molecule has 106 valence electrons. The molecule has 0 fully saturated rings. The molecule has 1 amide bonds. The highest BCUT2D eigenvalue weighted by Crippen LogP contribution is 2.25. The Bertz CT molecular complexity index is 670. The number of amides is 1. The van der Waals surface area contributed by atoms with Gasteiger partial charge in [-0.25, -0.2) is 9.59 Å². The summed E-state index contributed by atoms with van der Waals surface area (Å²) in [6, 6.07) is 3.17. The molecule has 1 aromatic heterocycles. The van der Waals surface area contributed by atoms with Crippen LogP contribution >= 0.6 is 0 Å². The van der Waals surface area contributed by atoms with Crippen molar-refractivity contribution in [2.75, 3.05) is 5.32 Å². The van der Waals surface area contributed by atoms with Gasteiger partial charge in [-0.3, -0.25) is 10.4 Å². The molecule has 0 saturated carbocycles. The zero-order valence-corrected chi connectivity index (χ0v) is 11.4. The topological polar surface area (TPSA) is 104 Å². The van der Waals surface area contributed by atoms with Crippen LogP contribution in [0.3, 0.4) is 0 Å². The number of ether oxygens (including phenoxy) is 1. The Morgan fingerprint density at radius 1 is 1.35 bits per heavy atom. The number of aromatic nitrogens is 2. The molecule has 0 saturated heterocycles. The van der Waals surface area contributed by atoms with Crippen molar-refractivity contribution in [3.63, 3.8) is 0 Å². The number of carbonyl (C=O) groups excluding carboxylic acids is 1. The van der Waals surface area contributed by atoms with E-state index in [0.717, 1.165) is 0 Å². The van der Waals surface area contributed by atoms with E-state index in [1.165, 1.54) is 12.3 Å². The Kier molecular flexibility index (Phi) is 3.35. The van der Waals surface area contributed by atoms with Crippen LogP contribution in [0.2, 0.25) is 0 Å². The summed E-state index contributed by atoms with van der Waals surface area (Å²) in [7, 11) is 0. The summed E-state index contributed by atoms with van der Waals surface area (Å²) in [6.45, 7) is 5.17. The van der Waals surface area contributed by atoms with Crippen LogP contribution in [0.5, 0.6) is 0 Å². The van der Waals surface area contributed by atoms with E-state index in [1.807, 2.05) is 0 Å². The fourth-order valence-corrected chi connectivity index (χ4v) is 1.75. The van der Waals surface area contributed by atoms with Crippen LogP contribution in [0.1, 0.15) is 31.1 Å². The van der Waals surface area contributed by atoms with Crippen molar-refractivity contribution in [1.29, 1.82) is 0 Å². The summed E-state index contributed by atoms with van der Waals surface area (Å²) in [6.07, 6.45) is 0.804. The second-order valence-electron chi connectivity index (χ2n) is 5.25. The molecule has 0 radical (unpaired) electrons. The molecule has 0 atom stereocenters. The van der Waals surface area contributed by atoms with Crippen molar-refractivity contribution in [3.8, 4) is 0 Å². The van der Waals surface area contributed by atoms with Crippen molar-refractivity contribution in [1.82, 2.24) is 10.2 Å². The van der Waals surface area contributed by atoms with Crippen LogP contribution < -0.4 is 5.32 Å². The summed E-state index contributed by atoms with van der Waals surface area (Å²) in [5, 5.41) is 18.8. The number of carbonyl (C=O) groups is 2. The molecule has 2 rings (SSSR count). The fourth-order valence-electron chi connectivity index (χ4n) is 1.75. The maximum absolute atomic E-state index is 11.7. The molecular formula is C13H15N3O4. The van der Waals surface area contributed by atoms with Gasteiger partial charge in [0.25, 0.3) is 0 Å². The second kappa shape index (κ2) is 4.84. The van der Waals surface area contributed by atoms with Crippen molar-refractivity contribution < 1.29 is 19.4 Å². The molecular weight excluding hydrogens is 262 g/mol. The number of aromatic carboxylic acids is 1. The van der Waals surface area contributed by atoms with Crippen LogP contribution in [-0.4, -0.2) is 33.0 Å². The molecule has 7 heteroatoms. The Morgan fingerprint density at radius 3 is 2.65 bits per heavy atom. The molecule has 0 spiro atoms. The maximum Gasteiger partial charge on any atom is 0.412 e. The molecule has 0 aliphatic carbocycles. The Labute approximate surface area is 114 Å². The summed E-state index contributed by atoms with van der Waals surface area (Å²) in [5.74, 6) is -1.16. The lowest BCUT2D eigenvalue weighted by Gasteiger charge is -2.20. The van der Waals surface area contributed by atoms with Gasteiger partial charge in [-0.05, 0) is 32.9 Å². The minimum atomic E-state index is -1.16. The van der Waals surface area contributed by atoms with E-state index in [4.69, 9.17) is 4.74 Å². The highest BCUT2D eigenvalue weighted by Gasteiger charge is 2.21. The van der Waals surface area contributed by atoms with Crippen LogP contribution in [0, 0.1) is 0 Å². The quantitative estimate of drug-likeness (QED) is 0.782. The maximum atomic E-state index is 11.7. The summed E-state index contributed by atoms with van der Waals surface area (Å²) < 4.78 is 5.10. The van der Waals surface area contributed by atoms with Crippen molar-refractivity contribution in [2.45, 2.75) is 26.4 Å². The van der Waals surface area contributed by atoms with Gasteiger partial charge in [0.15, 0.2) is 0 Å². The largest absolute Gasteiger partial charge is 0.478 e. The van der Waals surface area contributed by atoms with Crippen molar-refractivity contribution in [3.05, 3.63) is 23.9 Å². The van der Waals surface area contributed by atoms with E-state index in [-0.39, 0.29) is 11.3 Å². The molecule has 1 heterocycles. The molecule has 0 bridgehead atoms. The summed E-state index contributed by atoms with van der Waals surface area (Å²) in [4.78, 5) is 23.1. The molecule has 3 N–H and O–H groups in total. The number of H-pyrrole nitrogens is 1. The highest BCUT2D eigenvalue weighted by atomic mass is 16.6. The lowest BCUT2D eigenvalue weighted by molar-refractivity contribution is 0.0636. The first kappa shape index (κ1) is 13.9. The van der Waals surface area contributed by atoms with Crippen LogP contribution in [-0.2, 0) is 4.74 Å². The number of nitrogens with one attached hydrogen (secondary N) is 2. The average Bonchev–Trinajstić information content (AvgIpc) is 2.73. The van der Waals surface area contributed by atoms with Gasteiger partial charge in [-0.15, -0.1) is 0 Å². The smallest absolute Gasteiger partial charge is 0.412 e. The molecule has 0 aliphatic rings. The number of rotatable bonds is 2. The van der Waals surface area contributed by atoms with Gasteiger partial charge in [0.2, 0.25) is 0 Å². The third-order valence-electron chi connectivity index (χ3n) is 2.47. The monoisotopic (exact) mass is 277 g/mol. The zero-order chi connectivity index (χ0) is 14.9. The predicted molar refractivity (Wildman–Crippen MR) is 72.9 cm³/mol. The summed E-state index contributed by atoms with van der Waals surface area (Å²) in [5.41, 5.74) is -0.202. The van der Waals surface area contributed by atoms with Gasteiger partial charge in [0.1, 0.15) is 11.2 Å². The summed E-state index contributed by atoms with van der Waals surface area (Å²) >= 11 is 0. The van der Waals surface area contributed by atoms with E-state index in [9.17, 15) is 14.7 Å². The standard InChI is InChI=1S/C13H15N3O4/c1-13(2,3)20-12(19)15-8-5-4-7-6-14-16-10(7)9(8)11(17)18/h4-6H,1-3H3,(H,14,16)(H,15,19)(H,17,18). The number of benzene rings is 1. The van der Waals surface area contributed by atoms with Crippen molar-refractivity contribution in [2.24, 2.45) is 0 Å². The molecule has 1 aromatic carbocycles. The predicted octanol–water partition coefficient (Wildman–Crippen LogP) is 2.61. The number of nitrogens with zero attached hydrogens (tertiary/aromatic N) is 1. The van der Waals surface area contributed by atoms with Crippen LogP contribution in [0.15, 0.2) is 18.3 Å². The zero-order valence-electron chi connectivity index (χ0n) is 11.4. The number of anilines is 1. The first-order chi connectivity index (χ1) is 9.28. The van der Waals surface area contributed by atoms with E-state index >= 15 is 0 Å². The third-order valence-corrected chi connectivity index (χ3v) is 2.47. The van der Waals surface area contributed by atoms with Gasteiger partial charge in [0.05, 0.1) is 17.4 Å². The van der Waals surface area contributed by atoms with E-state index in [0.29, 0.717) is 10.9 Å². The molecule has 2 aromatic rings. The molecule has 0 unspecified atom stereocenters. The number of carboxylic acid groups (broad SMARTS) is 1. The average molecular weight is 277 g/mol. The lowest BCUT2D eigenvalue weighted by Crippen LogP contribution is -2.27. The minimum absolute atomic E-state index is 0.0501. The van der Waals surface area contributed by atoms with Gasteiger partial charge < -0.3 is 9.84 Å². The molecule has 7 nitrogen and oxygen atoms in total. The van der Waals surface area contributed by atoms with Crippen LogP contribution in [0.25, 0.3) is 10.9 Å². The first-order valence-electron chi connectivity index (χ1n) is 5.97. The van der Waals surface area contributed by atoms with Gasteiger partial charge in [-0.1, -0.05) is 0 Å². The first-order valence-corrected chi connectivity index (χ1v) is 5.97. The normalized spacial score (nSPS) is 11.3. The number of hydrogen-bond acceptors (Lipinski definition) is 4. The highest BCUT2D eigenvalue weighted by molar-refractivity contribution is 6.09. The van der Waals surface area contributed by atoms with Gasteiger partial charge >= 0.3 is 12.1 Å². The SMILES string of the molecule is CC(C)(C)OC(=O)Nc1ccc2cn[nH]c2c1C(=O)O. The van der Waals surface area contributed by atoms with E-state index < -0.39 is 17.7 Å². The van der Waals surface area contributed by atoms with Gasteiger partial charge in [0, 0.05) is 5.39 Å². The third kappa shape index (κ3) is 2.87. The van der Waals surface area contributed by atoms with Crippen LogP contribution in [0.4, 0.5) is 10.5 Å². The lowest BCUT2D eigenvalue weighted by atomic mass is 10.1. The van der Waals surface area contributed by atoms with Crippen molar-refractivity contribution >= 4 is 28.7 Å². The second-order valence-corrected chi connectivity index (χ2v) is 5.25. The minimum Gasteiger partial charge on any atom is -0.478 e. The molecule has 20 heavy (non-hydrogen) atoms. The van der Waals surface area contributed by atoms with E-state index in [2.05, 4.69) is 15.5 Å². The number of fused-ring (bicyclic) bond motifs is 1. The Morgan fingerprint density at radius 2 is 2.05 bits per heavy atom. The number of carboxylic acids is 1.